The van der Waals surface area contributed by atoms with Crippen molar-refractivity contribution < 1.29 is 19.1 Å². The summed E-state index contributed by atoms with van der Waals surface area (Å²) in [7, 11) is 0. The lowest BCUT2D eigenvalue weighted by Gasteiger charge is -2.20. The topological polar surface area (TPSA) is 52.6 Å². The molecule has 0 aliphatic carbocycles. The van der Waals surface area contributed by atoms with Crippen molar-refractivity contribution in [1.82, 2.24) is 0 Å². The fourth-order valence-corrected chi connectivity index (χ4v) is 2.37. The van der Waals surface area contributed by atoms with E-state index in [4.69, 9.17) is 9.47 Å². The van der Waals surface area contributed by atoms with Crippen molar-refractivity contribution in [2.45, 2.75) is 72.6 Å². The van der Waals surface area contributed by atoms with Crippen molar-refractivity contribution in [3.63, 3.8) is 0 Å². The monoisotopic (exact) mass is 348 g/mol. The highest BCUT2D eigenvalue weighted by atomic mass is 16.6. The molecule has 0 saturated carbocycles. The normalized spacial score (nSPS) is 11.2. The summed E-state index contributed by atoms with van der Waals surface area (Å²) in [6.45, 7) is 7.66. The maximum Gasteiger partial charge on any atom is 0.328 e. The summed E-state index contributed by atoms with van der Waals surface area (Å²) in [6, 6.07) is 7.34. The van der Waals surface area contributed by atoms with E-state index in [0.717, 1.165) is 31.2 Å². The van der Waals surface area contributed by atoms with Gasteiger partial charge in [-0.15, -0.1) is 0 Å². The number of benzene rings is 1. The van der Waals surface area contributed by atoms with E-state index >= 15 is 0 Å². The van der Waals surface area contributed by atoms with Gasteiger partial charge in [0.2, 0.25) is 0 Å². The van der Waals surface area contributed by atoms with Crippen LogP contribution in [-0.2, 0) is 20.7 Å². The van der Waals surface area contributed by atoms with Gasteiger partial charge in [-0.2, -0.15) is 0 Å². The maximum atomic E-state index is 12.4. The predicted molar refractivity (Wildman–Crippen MR) is 99.6 cm³/mol. The number of rotatable bonds is 11. The quantitative estimate of drug-likeness (QED) is 0.242. The molecule has 1 aromatic carbocycles. The molecular weight excluding hydrogens is 316 g/mol. The van der Waals surface area contributed by atoms with Gasteiger partial charge in [0.05, 0.1) is 6.61 Å². The van der Waals surface area contributed by atoms with E-state index < -0.39 is 17.4 Å². The van der Waals surface area contributed by atoms with Crippen LogP contribution < -0.4 is 4.74 Å². The molecule has 0 aliphatic rings. The number of carbonyl (C=O) groups excluding carboxylic acids is 2. The molecule has 0 heterocycles. The first-order valence-electron chi connectivity index (χ1n) is 9.40. The fraction of sp³-hybridized carbons (Fsp3) is 0.619. The van der Waals surface area contributed by atoms with E-state index in [0.29, 0.717) is 12.4 Å². The molecule has 0 aromatic heterocycles. The van der Waals surface area contributed by atoms with Crippen LogP contribution in [0.4, 0.5) is 0 Å². The second-order valence-corrected chi connectivity index (χ2v) is 6.92. The van der Waals surface area contributed by atoms with Gasteiger partial charge in [-0.3, -0.25) is 9.59 Å². The van der Waals surface area contributed by atoms with Gasteiger partial charge in [-0.1, -0.05) is 58.1 Å². The van der Waals surface area contributed by atoms with Gasteiger partial charge in [0, 0.05) is 0 Å². The Morgan fingerprint density at radius 3 is 2.32 bits per heavy atom. The van der Waals surface area contributed by atoms with E-state index in [1.807, 2.05) is 25.1 Å². The summed E-state index contributed by atoms with van der Waals surface area (Å²) in [6.07, 6.45) is 7.57. The molecule has 140 valence electrons. The van der Waals surface area contributed by atoms with Crippen molar-refractivity contribution in [3.05, 3.63) is 29.8 Å². The number of hydrogen-bond donors (Lipinski definition) is 0. The average molecular weight is 348 g/mol. The molecule has 0 spiro atoms. The van der Waals surface area contributed by atoms with Gasteiger partial charge in [0.1, 0.15) is 5.75 Å². The molecule has 0 saturated heterocycles. The van der Waals surface area contributed by atoms with E-state index in [-0.39, 0.29) is 0 Å². The first-order chi connectivity index (χ1) is 11.9. The highest BCUT2D eigenvalue weighted by Gasteiger charge is 2.39. The first-order valence-corrected chi connectivity index (χ1v) is 9.40. The van der Waals surface area contributed by atoms with E-state index in [1.54, 1.807) is 19.9 Å². The second-order valence-electron chi connectivity index (χ2n) is 6.92. The summed E-state index contributed by atoms with van der Waals surface area (Å²) in [5.74, 6) is -0.660. The average Bonchev–Trinajstić information content (AvgIpc) is 2.60. The van der Waals surface area contributed by atoms with Crippen LogP contribution in [0.2, 0.25) is 0 Å². The van der Waals surface area contributed by atoms with Crippen molar-refractivity contribution in [3.8, 4) is 5.75 Å². The van der Waals surface area contributed by atoms with Crippen molar-refractivity contribution >= 4 is 11.9 Å². The van der Waals surface area contributed by atoms with Gasteiger partial charge in [-0.25, -0.2) is 0 Å². The van der Waals surface area contributed by atoms with Crippen LogP contribution in [0.5, 0.6) is 5.75 Å². The van der Waals surface area contributed by atoms with Crippen LogP contribution in [0.25, 0.3) is 0 Å². The minimum absolute atomic E-state index is 0.354. The minimum Gasteiger partial charge on any atom is -0.465 e. The standard InChI is InChI=1S/C21H32O4/c1-5-7-8-9-10-11-15-24-19(22)21(3,4)20(23)25-18-14-12-13-17(6-2)16-18/h12-14,16H,5-11,15H2,1-4H3. The van der Waals surface area contributed by atoms with Gasteiger partial charge >= 0.3 is 11.9 Å². The van der Waals surface area contributed by atoms with E-state index in [2.05, 4.69) is 6.92 Å². The molecular formula is C21H32O4. The second kappa shape index (κ2) is 10.9. The summed E-state index contributed by atoms with van der Waals surface area (Å²) >= 11 is 0. The van der Waals surface area contributed by atoms with Crippen LogP contribution in [0.15, 0.2) is 24.3 Å². The van der Waals surface area contributed by atoms with Crippen LogP contribution in [0.3, 0.4) is 0 Å². The molecule has 4 heteroatoms. The molecule has 1 aromatic rings. The molecule has 0 bridgehead atoms. The Balaban J connectivity index is 2.43. The van der Waals surface area contributed by atoms with Crippen molar-refractivity contribution in [2.24, 2.45) is 5.41 Å². The molecule has 25 heavy (non-hydrogen) atoms. The third kappa shape index (κ3) is 7.29. The predicted octanol–water partition coefficient (Wildman–Crippen LogP) is 5.08. The maximum absolute atomic E-state index is 12.4. The molecule has 1 rings (SSSR count). The summed E-state index contributed by atoms with van der Waals surface area (Å²) in [5, 5.41) is 0. The lowest BCUT2D eigenvalue weighted by Crippen LogP contribution is -2.38. The summed E-state index contributed by atoms with van der Waals surface area (Å²) < 4.78 is 10.7. The zero-order valence-corrected chi connectivity index (χ0v) is 16.1. The fourth-order valence-electron chi connectivity index (χ4n) is 2.37. The Kier molecular flexibility index (Phi) is 9.25. The first kappa shape index (κ1) is 21.2. The molecule has 0 N–H and O–H groups in total. The molecule has 0 amide bonds. The Hall–Kier alpha value is -1.84. The summed E-state index contributed by atoms with van der Waals surface area (Å²) in [4.78, 5) is 24.6. The van der Waals surface area contributed by atoms with E-state index in [1.165, 1.54) is 19.3 Å². The zero-order chi connectivity index (χ0) is 18.7. The Morgan fingerprint density at radius 2 is 1.64 bits per heavy atom. The van der Waals surface area contributed by atoms with E-state index in [9.17, 15) is 9.59 Å². The largest absolute Gasteiger partial charge is 0.465 e. The molecule has 0 aliphatic heterocycles. The Bertz CT molecular complexity index is 549. The number of esters is 2. The van der Waals surface area contributed by atoms with Gasteiger partial charge in [0.25, 0.3) is 0 Å². The third-order valence-electron chi connectivity index (χ3n) is 4.27. The number of aryl methyl sites for hydroxylation is 1. The van der Waals surface area contributed by atoms with Crippen molar-refractivity contribution in [2.75, 3.05) is 6.61 Å². The van der Waals surface area contributed by atoms with Gasteiger partial charge < -0.3 is 9.47 Å². The lowest BCUT2D eigenvalue weighted by molar-refractivity contribution is -0.164. The molecule has 0 fully saturated rings. The molecule has 0 radical (unpaired) electrons. The number of carbonyl (C=O) groups is 2. The number of ether oxygens (including phenoxy) is 2. The molecule has 0 unspecified atom stereocenters. The number of hydrogen-bond acceptors (Lipinski definition) is 4. The zero-order valence-electron chi connectivity index (χ0n) is 16.1. The molecule has 4 nitrogen and oxygen atoms in total. The molecule has 0 atom stereocenters. The van der Waals surface area contributed by atoms with Gasteiger partial charge in [0.15, 0.2) is 5.41 Å². The highest BCUT2D eigenvalue weighted by Crippen LogP contribution is 2.23. The lowest BCUT2D eigenvalue weighted by atomic mass is 9.94. The Labute approximate surface area is 151 Å². The minimum atomic E-state index is -1.32. The van der Waals surface area contributed by atoms with Crippen LogP contribution in [-0.4, -0.2) is 18.5 Å². The summed E-state index contributed by atoms with van der Waals surface area (Å²) in [5.41, 5.74) is -0.237. The van der Waals surface area contributed by atoms with Gasteiger partial charge in [-0.05, 0) is 44.4 Å². The SMILES string of the molecule is CCCCCCCCOC(=O)C(C)(C)C(=O)Oc1cccc(CC)c1. The van der Waals surface area contributed by atoms with Crippen LogP contribution in [0, 0.1) is 5.41 Å². The number of unbranched alkanes of at least 4 members (excludes halogenated alkanes) is 5. The van der Waals surface area contributed by atoms with Crippen LogP contribution in [0.1, 0.15) is 71.8 Å². The highest BCUT2D eigenvalue weighted by molar-refractivity contribution is 5.99. The third-order valence-corrected chi connectivity index (χ3v) is 4.27. The Morgan fingerprint density at radius 1 is 0.960 bits per heavy atom. The smallest absolute Gasteiger partial charge is 0.328 e. The van der Waals surface area contributed by atoms with Crippen molar-refractivity contribution in [1.29, 1.82) is 0 Å². The van der Waals surface area contributed by atoms with Crippen LogP contribution >= 0.6 is 0 Å².